The highest BCUT2D eigenvalue weighted by Gasteiger charge is 2.16. The van der Waals surface area contributed by atoms with Crippen molar-refractivity contribution in [1.82, 2.24) is 4.90 Å². The number of amides is 2. The standard InChI is InChI=1S/C5H11N3O2/c1-8(3-9)4(2-6)5(7)10/h3-4H,2,6H2,1H3,(H2,7,10)/t4-/m0/s1. The maximum atomic E-state index is 10.5. The second-order valence-electron chi connectivity index (χ2n) is 1.92. The summed E-state index contributed by atoms with van der Waals surface area (Å²) in [6.07, 6.45) is 0.516. The number of nitrogens with zero attached hydrogens (tertiary/aromatic N) is 1. The van der Waals surface area contributed by atoms with Crippen molar-refractivity contribution in [3.8, 4) is 0 Å². The monoisotopic (exact) mass is 145 g/mol. The van der Waals surface area contributed by atoms with Gasteiger partial charge in [-0.1, -0.05) is 0 Å². The Bertz CT molecular complexity index is 137. The lowest BCUT2D eigenvalue weighted by molar-refractivity contribution is -0.129. The van der Waals surface area contributed by atoms with Gasteiger partial charge in [-0.2, -0.15) is 0 Å². The van der Waals surface area contributed by atoms with Crippen LogP contribution in [0.15, 0.2) is 0 Å². The molecule has 10 heavy (non-hydrogen) atoms. The summed E-state index contributed by atoms with van der Waals surface area (Å²) in [4.78, 5) is 21.7. The molecule has 0 rings (SSSR count). The number of carbonyl (C=O) groups excluding carboxylic acids is 2. The molecular weight excluding hydrogens is 134 g/mol. The number of hydrogen-bond acceptors (Lipinski definition) is 3. The number of hydrogen-bond donors (Lipinski definition) is 2. The van der Waals surface area contributed by atoms with E-state index in [-0.39, 0.29) is 6.54 Å². The van der Waals surface area contributed by atoms with E-state index in [1.54, 1.807) is 0 Å². The first kappa shape index (κ1) is 8.90. The van der Waals surface area contributed by atoms with Crippen molar-refractivity contribution in [2.45, 2.75) is 6.04 Å². The van der Waals surface area contributed by atoms with Gasteiger partial charge in [-0.05, 0) is 0 Å². The first-order valence-corrected chi connectivity index (χ1v) is 2.80. The van der Waals surface area contributed by atoms with E-state index in [2.05, 4.69) is 0 Å². The topological polar surface area (TPSA) is 89.4 Å². The maximum Gasteiger partial charge on any atom is 0.241 e. The van der Waals surface area contributed by atoms with E-state index < -0.39 is 11.9 Å². The third kappa shape index (κ3) is 2.02. The Kier molecular flexibility index (Phi) is 3.42. The van der Waals surface area contributed by atoms with Crippen molar-refractivity contribution >= 4 is 12.3 Å². The SMILES string of the molecule is CN(C=O)[C@@H](CN)C(N)=O. The molecule has 0 aromatic heterocycles. The van der Waals surface area contributed by atoms with Crippen LogP contribution in [0, 0.1) is 0 Å². The van der Waals surface area contributed by atoms with Gasteiger partial charge in [-0.3, -0.25) is 9.59 Å². The van der Waals surface area contributed by atoms with Crippen LogP contribution in [0.25, 0.3) is 0 Å². The first-order valence-electron chi connectivity index (χ1n) is 2.80. The van der Waals surface area contributed by atoms with Gasteiger partial charge in [-0.25, -0.2) is 0 Å². The molecule has 0 saturated heterocycles. The highest BCUT2D eigenvalue weighted by atomic mass is 16.2. The zero-order chi connectivity index (χ0) is 8.15. The summed E-state index contributed by atoms with van der Waals surface area (Å²) >= 11 is 0. The fourth-order valence-corrected chi connectivity index (χ4v) is 0.557. The normalized spacial score (nSPS) is 12.2. The van der Waals surface area contributed by atoms with Gasteiger partial charge < -0.3 is 16.4 Å². The minimum absolute atomic E-state index is 0.0601. The number of likely N-dealkylation sites (N-methyl/N-ethyl adjacent to an activating group) is 1. The molecule has 0 radical (unpaired) electrons. The molecule has 0 bridgehead atoms. The zero-order valence-corrected chi connectivity index (χ0v) is 5.78. The smallest absolute Gasteiger partial charge is 0.241 e. The summed E-state index contributed by atoms with van der Waals surface area (Å²) in [7, 11) is 1.45. The van der Waals surface area contributed by atoms with Crippen molar-refractivity contribution in [1.29, 1.82) is 0 Å². The maximum absolute atomic E-state index is 10.5. The van der Waals surface area contributed by atoms with Gasteiger partial charge in [0.15, 0.2) is 0 Å². The summed E-state index contributed by atoms with van der Waals surface area (Å²) in [5.41, 5.74) is 10.1. The Balaban J connectivity index is 4.05. The van der Waals surface area contributed by atoms with E-state index in [0.29, 0.717) is 6.41 Å². The number of rotatable bonds is 4. The van der Waals surface area contributed by atoms with Crippen molar-refractivity contribution in [3.05, 3.63) is 0 Å². The Morgan fingerprint density at radius 1 is 1.80 bits per heavy atom. The van der Waals surface area contributed by atoms with Crippen molar-refractivity contribution < 1.29 is 9.59 Å². The molecule has 1 atom stereocenters. The van der Waals surface area contributed by atoms with E-state index in [1.165, 1.54) is 7.05 Å². The average molecular weight is 145 g/mol. The molecule has 5 heteroatoms. The molecule has 0 spiro atoms. The van der Waals surface area contributed by atoms with Gasteiger partial charge in [0.2, 0.25) is 12.3 Å². The molecule has 58 valence electrons. The molecule has 0 aliphatic heterocycles. The Hall–Kier alpha value is -1.10. The van der Waals surface area contributed by atoms with Crippen molar-refractivity contribution in [2.75, 3.05) is 13.6 Å². The first-order chi connectivity index (χ1) is 4.63. The molecule has 0 fully saturated rings. The molecule has 0 heterocycles. The summed E-state index contributed by atoms with van der Waals surface area (Å²) in [6, 6.07) is -0.683. The largest absolute Gasteiger partial charge is 0.368 e. The lowest BCUT2D eigenvalue weighted by Gasteiger charge is -2.18. The summed E-state index contributed by atoms with van der Waals surface area (Å²) < 4.78 is 0. The highest BCUT2D eigenvalue weighted by Crippen LogP contribution is 1.87. The predicted molar refractivity (Wildman–Crippen MR) is 35.9 cm³/mol. The molecule has 0 aromatic rings. The third-order valence-corrected chi connectivity index (χ3v) is 1.21. The van der Waals surface area contributed by atoms with Gasteiger partial charge in [0.1, 0.15) is 6.04 Å². The minimum Gasteiger partial charge on any atom is -0.368 e. The number of nitrogens with two attached hydrogens (primary N) is 2. The van der Waals surface area contributed by atoms with E-state index in [0.717, 1.165) is 4.90 Å². The lowest BCUT2D eigenvalue weighted by atomic mass is 10.2. The van der Waals surface area contributed by atoms with Gasteiger partial charge >= 0.3 is 0 Å². The second-order valence-corrected chi connectivity index (χ2v) is 1.92. The fourth-order valence-electron chi connectivity index (χ4n) is 0.557. The molecule has 0 aromatic carbocycles. The van der Waals surface area contributed by atoms with Gasteiger partial charge in [0, 0.05) is 13.6 Å². The van der Waals surface area contributed by atoms with Crippen LogP contribution in [0.3, 0.4) is 0 Å². The van der Waals surface area contributed by atoms with Crippen LogP contribution >= 0.6 is 0 Å². The minimum atomic E-state index is -0.683. The second kappa shape index (κ2) is 3.84. The van der Waals surface area contributed by atoms with Crippen LogP contribution in [0.4, 0.5) is 0 Å². The summed E-state index contributed by atoms with van der Waals surface area (Å²) in [6.45, 7) is 0.0601. The highest BCUT2D eigenvalue weighted by molar-refractivity contribution is 5.82. The van der Waals surface area contributed by atoms with Crippen LogP contribution in [0.2, 0.25) is 0 Å². The Morgan fingerprint density at radius 2 is 2.30 bits per heavy atom. The number of primary amides is 1. The van der Waals surface area contributed by atoms with Crippen LogP contribution in [0.5, 0.6) is 0 Å². The zero-order valence-electron chi connectivity index (χ0n) is 5.78. The fraction of sp³-hybridized carbons (Fsp3) is 0.600. The lowest BCUT2D eigenvalue weighted by Crippen LogP contribution is -2.46. The summed E-state index contributed by atoms with van der Waals surface area (Å²) in [5.74, 6) is -0.586. The van der Waals surface area contributed by atoms with Gasteiger partial charge in [0.05, 0.1) is 0 Å². The van der Waals surface area contributed by atoms with E-state index in [4.69, 9.17) is 11.5 Å². The molecule has 0 unspecified atom stereocenters. The molecule has 0 aliphatic rings. The van der Waals surface area contributed by atoms with Crippen molar-refractivity contribution in [2.24, 2.45) is 11.5 Å². The molecule has 0 aliphatic carbocycles. The summed E-state index contributed by atoms with van der Waals surface area (Å²) in [5, 5.41) is 0. The van der Waals surface area contributed by atoms with Gasteiger partial charge in [-0.15, -0.1) is 0 Å². The molecule has 2 amide bonds. The molecular formula is C5H11N3O2. The third-order valence-electron chi connectivity index (χ3n) is 1.21. The number of carbonyl (C=O) groups is 2. The molecule has 5 nitrogen and oxygen atoms in total. The van der Waals surface area contributed by atoms with Crippen LogP contribution in [-0.4, -0.2) is 36.9 Å². The van der Waals surface area contributed by atoms with E-state index in [1.807, 2.05) is 0 Å². The average Bonchev–Trinajstić information content (AvgIpc) is 1.88. The molecule has 4 N–H and O–H groups in total. The van der Waals surface area contributed by atoms with Gasteiger partial charge in [0.25, 0.3) is 0 Å². The van der Waals surface area contributed by atoms with E-state index in [9.17, 15) is 9.59 Å². The predicted octanol–water partition coefficient (Wildman–Crippen LogP) is -2.11. The van der Waals surface area contributed by atoms with Crippen LogP contribution < -0.4 is 11.5 Å². The van der Waals surface area contributed by atoms with Crippen LogP contribution in [0.1, 0.15) is 0 Å². The van der Waals surface area contributed by atoms with Crippen molar-refractivity contribution in [3.63, 3.8) is 0 Å². The Morgan fingerprint density at radius 3 is 2.40 bits per heavy atom. The Labute approximate surface area is 59.0 Å². The molecule has 0 saturated carbocycles. The van der Waals surface area contributed by atoms with Crippen LogP contribution in [-0.2, 0) is 9.59 Å². The quantitative estimate of drug-likeness (QED) is 0.443. The van der Waals surface area contributed by atoms with E-state index >= 15 is 0 Å².